The fraction of sp³-hybridized carbons (Fsp3) is 0.0556. The number of H-pyrrole nitrogens is 1. The number of anilines is 1. The first-order chi connectivity index (χ1) is 12.6. The molecule has 0 spiro atoms. The van der Waals surface area contributed by atoms with E-state index in [0.717, 1.165) is 10.2 Å². The second-order valence-corrected chi connectivity index (χ2v) is 6.57. The zero-order chi connectivity index (χ0) is 18.1. The van der Waals surface area contributed by atoms with Crippen LogP contribution >= 0.6 is 15.9 Å². The van der Waals surface area contributed by atoms with Gasteiger partial charge in [0, 0.05) is 4.47 Å². The van der Waals surface area contributed by atoms with Gasteiger partial charge in [0.1, 0.15) is 17.0 Å². The summed E-state index contributed by atoms with van der Waals surface area (Å²) in [5, 5.41) is 17.6. The lowest BCUT2D eigenvalue weighted by atomic mass is 10.3. The highest BCUT2D eigenvalue weighted by atomic mass is 79.9. The van der Waals surface area contributed by atoms with E-state index in [0.29, 0.717) is 22.5 Å². The van der Waals surface area contributed by atoms with E-state index in [9.17, 15) is 9.90 Å². The number of aromatic nitrogens is 4. The molecule has 0 aliphatic heterocycles. The van der Waals surface area contributed by atoms with Gasteiger partial charge in [-0.3, -0.25) is 4.79 Å². The van der Waals surface area contributed by atoms with E-state index in [4.69, 9.17) is 0 Å². The van der Waals surface area contributed by atoms with Crippen LogP contribution in [0, 0.1) is 0 Å². The summed E-state index contributed by atoms with van der Waals surface area (Å²) >= 11 is 3.40. The summed E-state index contributed by atoms with van der Waals surface area (Å²) in [6, 6.07) is 14.5. The third-order valence-corrected chi connectivity index (χ3v) is 4.44. The van der Waals surface area contributed by atoms with Crippen LogP contribution in [0.2, 0.25) is 0 Å². The van der Waals surface area contributed by atoms with Crippen molar-refractivity contribution in [2.75, 3.05) is 5.32 Å². The van der Waals surface area contributed by atoms with Crippen molar-refractivity contribution in [3.63, 3.8) is 0 Å². The minimum atomic E-state index is -0.257. The monoisotopic (exact) mass is 411 g/mol. The van der Waals surface area contributed by atoms with Gasteiger partial charge in [-0.05, 0) is 36.4 Å². The first-order valence-corrected chi connectivity index (χ1v) is 8.66. The normalized spacial score (nSPS) is 11.0. The summed E-state index contributed by atoms with van der Waals surface area (Å²) in [7, 11) is 0. The highest BCUT2D eigenvalue weighted by Crippen LogP contribution is 2.22. The van der Waals surface area contributed by atoms with E-state index in [1.807, 2.05) is 30.3 Å². The molecule has 2 heterocycles. The molecule has 0 atom stereocenters. The zero-order valence-corrected chi connectivity index (χ0v) is 15.1. The summed E-state index contributed by atoms with van der Waals surface area (Å²) in [4.78, 5) is 19.6. The van der Waals surface area contributed by atoms with E-state index in [2.05, 4.69) is 36.3 Å². The molecule has 0 radical (unpaired) electrons. The van der Waals surface area contributed by atoms with Gasteiger partial charge in [-0.25, -0.2) is 9.67 Å². The van der Waals surface area contributed by atoms with E-state index >= 15 is 0 Å². The molecule has 7 nitrogen and oxygen atoms in total. The third-order valence-electron chi connectivity index (χ3n) is 3.91. The lowest BCUT2D eigenvalue weighted by Crippen LogP contribution is -2.15. The van der Waals surface area contributed by atoms with Crippen LogP contribution in [0.3, 0.4) is 0 Å². The van der Waals surface area contributed by atoms with Gasteiger partial charge >= 0.3 is 0 Å². The average Bonchev–Trinajstić information content (AvgIpc) is 3.06. The molecular weight excluding hydrogens is 398 g/mol. The Morgan fingerprint density at radius 3 is 2.69 bits per heavy atom. The van der Waals surface area contributed by atoms with Crippen LogP contribution in [-0.2, 0) is 6.54 Å². The molecular formula is C18H14BrN5O2. The first kappa shape index (κ1) is 16.3. The highest BCUT2D eigenvalue weighted by molar-refractivity contribution is 9.10. The van der Waals surface area contributed by atoms with Gasteiger partial charge in [-0.2, -0.15) is 5.10 Å². The molecule has 8 heteroatoms. The quantitative estimate of drug-likeness (QED) is 0.448. The average molecular weight is 412 g/mol. The number of benzene rings is 2. The molecule has 0 bridgehead atoms. The number of nitrogens with zero attached hydrogens (tertiary/aromatic N) is 3. The smallest absolute Gasteiger partial charge is 0.262 e. The van der Waals surface area contributed by atoms with Crippen LogP contribution in [0.25, 0.3) is 16.7 Å². The number of phenolic OH excluding ortho intramolecular Hbond substituents is 1. The van der Waals surface area contributed by atoms with Crippen LogP contribution < -0.4 is 10.9 Å². The Morgan fingerprint density at radius 1 is 1.15 bits per heavy atom. The van der Waals surface area contributed by atoms with E-state index in [-0.39, 0.29) is 17.9 Å². The Hall–Kier alpha value is -3.13. The first-order valence-electron chi connectivity index (χ1n) is 7.86. The van der Waals surface area contributed by atoms with Crippen molar-refractivity contribution in [1.29, 1.82) is 0 Å². The molecule has 0 fully saturated rings. The van der Waals surface area contributed by atoms with E-state index < -0.39 is 0 Å². The Balaban J connectivity index is 1.71. The number of fused-ring (bicyclic) bond motifs is 1. The Kier molecular flexibility index (Phi) is 4.18. The highest BCUT2D eigenvalue weighted by Gasteiger charge is 2.12. The maximum absolute atomic E-state index is 12.3. The number of para-hydroxylation sites is 2. The van der Waals surface area contributed by atoms with Gasteiger partial charge < -0.3 is 15.4 Å². The molecule has 4 rings (SSSR count). The van der Waals surface area contributed by atoms with Gasteiger partial charge in [0.15, 0.2) is 5.65 Å². The number of halogens is 1. The third kappa shape index (κ3) is 3.06. The predicted molar refractivity (Wildman–Crippen MR) is 103 cm³/mol. The summed E-state index contributed by atoms with van der Waals surface area (Å²) in [6.45, 7) is 0.258. The molecule has 4 aromatic rings. The number of phenols is 1. The number of rotatable bonds is 4. The fourth-order valence-electron chi connectivity index (χ4n) is 2.62. The van der Waals surface area contributed by atoms with Crippen molar-refractivity contribution < 1.29 is 5.11 Å². The number of aromatic amines is 1. The molecule has 0 amide bonds. The lowest BCUT2D eigenvalue weighted by molar-refractivity contribution is 0.477. The number of hydrogen-bond acceptors (Lipinski definition) is 5. The van der Waals surface area contributed by atoms with E-state index in [1.165, 1.54) is 6.20 Å². The SMILES string of the molecule is O=c1[nH]c(CNc2ccccc2O)nc2c1cnn2-c1ccc(Br)cc1. The van der Waals surface area contributed by atoms with Crippen LogP contribution in [0.4, 0.5) is 5.69 Å². The van der Waals surface area contributed by atoms with Crippen molar-refractivity contribution in [2.24, 2.45) is 0 Å². The van der Waals surface area contributed by atoms with Crippen molar-refractivity contribution in [3.05, 3.63) is 75.4 Å². The van der Waals surface area contributed by atoms with Crippen LogP contribution in [0.5, 0.6) is 5.75 Å². The summed E-state index contributed by atoms with van der Waals surface area (Å²) in [5.74, 6) is 0.584. The summed E-state index contributed by atoms with van der Waals surface area (Å²) < 4.78 is 2.58. The minimum Gasteiger partial charge on any atom is -0.506 e. The van der Waals surface area contributed by atoms with Crippen molar-refractivity contribution in [1.82, 2.24) is 19.7 Å². The second kappa shape index (κ2) is 6.64. The van der Waals surface area contributed by atoms with Gasteiger partial charge in [0.2, 0.25) is 0 Å². The Bertz CT molecular complexity index is 1130. The van der Waals surface area contributed by atoms with Crippen molar-refractivity contribution in [3.8, 4) is 11.4 Å². The predicted octanol–water partition coefficient (Wildman–Crippen LogP) is 3.19. The molecule has 0 aliphatic carbocycles. The van der Waals surface area contributed by atoms with Gasteiger partial charge in [-0.1, -0.05) is 28.1 Å². The Labute approximate surface area is 156 Å². The number of hydrogen-bond donors (Lipinski definition) is 3. The maximum Gasteiger partial charge on any atom is 0.262 e. The van der Waals surface area contributed by atoms with Gasteiger partial charge in [0.05, 0.1) is 24.1 Å². The maximum atomic E-state index is 12.3. The van der Waals surface area contributed by atoms with Gasteiger partial charge in [0.25, 0.3) is 5.56 Å². The molecule has 2 aromatic heterocycles. The van der Waals surface area contributed by atoms with Crippen LogP contribution in [-0.4, -0.2) is 24.9 Å². The second-order valence-electron chi connectivity index (χ2n) is 5.65. The van der Waals surface area contributed by atoms with Gasteiger partial charge in [-0.15, -0.1) is 0 Å². The molecule has 0 saturated carbocycles. The molecule has 130 valence electrons. The standard InChI is InChI=1S/C18H14BrN5O2/c19-11-5-7-12(8-6-11)24-17-13(9-21-24)18(26)23-16(22-17)10-20-14-3-1-2-4-15(14)25/h1-9,20,25H,10H2,(H,22,23,26). The molecule has 3 N–H and O–H groups in total. The topological polar surface area (TPSA) is 95.8 Å². The summed E-state index contributed by atoms with van der Waals surface area (Å²) in [5.41, 5.74) is 1.59. The summed E-state index contributed by atoms with van der Waals surface area (Å²) in [6.07, 6.45) is 1.50. The zero-order valence-electron chi connectivity index (χ0n) is 13.5. The fourth-order valence-corrected chi connectivity index (χ4v) is 2.89. The molecule has 2 aromatic carbocycles. The number of aromatic hydroxyl groups is 1. The molecule has 26 heavy (non-hydrogen) atoms. The Morgan fingerprint density at radius 2 is 1.92 bits per heavy atom. The molecule has 0 saturated heterocycles. The van der Waals surface area contributed by atoms with E-state index in [1.54, 1.807) is 22.9 Å². The van der Waals surface area contributed by atoms with Crippen LogP contribution in [0.15, 0.2) is 64.0 Å². The lowest BCUT2D eigenvalue weighted by Gasteiger charge is -2.08. The largest absolute Gasteiger partial charge is 0.506 e. The molecule has 0 aliphatic rings. The number of nitrogens with one attached hydrogen (secondary N) is 2. The minimum absolute atomic E-state index is 0.135. The van der Waals surface area contributed by atoms with Crippen molar-refractivity contribution in [2.45, 2.75) is 6.54 Å². The van der Waals surface area contributed by atoms with Crippen molar-refractivity contribution >= 4 is 32.7 Å². The van der Waals surface area contributed by atoms with Crippen LogP contribution in [0.1, 0.15) is 5.82 Å². The molecule has 0 unspecified atom stereocenters.